The fourth-order valence-corrected chi connectivity index (χ4v) is 6.95. The third kappa shape index (κ3) is 12.9. The Kier molecular flexibility index (Phi) is 13.4. The van der Waals surface area contributed by atoms with Gasteiger partial charge in [0.15, 0.2) is 0 Å². The molecule has 182 valence electrons. The summed E-state index contributed by atoms with van der Waals surface area (Å²) in [6, 6.07) is 42.8. The minimum absolute atomic E-state index is 0.0287. The molecule has 2 N–H and O–H groups in total. The van der Waals surface area contributed by atoms with Crippen molar-refractivity contribution in [1.82, 2.24) is 0 Å². The van der Waals surface area contributed by atoms with Gasteiger partial charge >= 0.3 is 190 Å². The zero-order valence-electron chi connectivity index (χ0n) is 19.1. The van der Waals surface area contributed by atoms with Crippen molar-refractivity contribution < 1.29 is 62.2 Å². The van der Waals surface area contributed by atoms with Crippen LogP contribution in [0, 0.1) is 14.3 Å². The van der Waals surface area contributed by atoms with Crippen molar-refractivity contribution >= 4 is 11.9 Å². The second-order valence-electron chi connectivity index (χ2n) is 6.84. The monoisotopic (exact) mass is 692 g/mol. The fourth-order valence-electron chi connectivity index (χ4n) is 2.41. The first-order valence-electron chi connectivity index (χ1n) is 10.6. The van der Waals surface area contributed by atoms with Crippen molar-refractivity contribution in [2.75, 3.05) is 0 Å². The predicted octanol–water partition coefficient (Wildman–Crippen LogP) is -0.268. The van der Waals surface area contributed by atoms with Gasteiger partial charge in [-0.05, 0) is 6.92 Å². The van der Waals surface area contributed by atoms with Crippen molar-refractivity contribution in [2.24, 2.45) is 0 Å². The van der Waals surface area contributed by atoms with Gasteiger partial charge in [-0.2, -0.15) is 0 Å². The van der Waals surface area contributed by atoms with Gasteiger partial charge in [-0.1, -0.05) is 0 Å². The molecule has 0 unspecified atom stereocenters. The molecule has 0 amide bonds. The van der Waals surface area contributed by atoms with Gasteiger partial charge in [-0.25, -0.2) is 9.59 Å². The molecule has 6 heteroatoms. The molecule has 0 aliphatic rings. The van der Waals surface area contributed by atoms with E-state index >= 15 is 0 Å². The van der Waals surface area contributed by atoms with Gasteiger partial charge in [0, 0.05) is 11.6 Å². The summed E-state index contributed by atoms with van der Waals surface area (Å²) in [6.07, 6.45) is 0.641. The first-order chi connectivity index (χ1) is 16.9. The standard InChI is InChI=1S/2C12H10I.C5H6O4/c2*1-3-7-11(8-4-1)13-12-9-5-2-6-10-12;1-3(5(8)9)2-4(6)7/h2*1-10H;2H,1H3,(H,6,7)(H,8,9)/q2*-1;/b;;3-2-. The zero-order chi connectivity index (χ0) is 25.3. The van der Waals surface area contributed by atoms with Crippen LogP contribution >= 0.6 is 0 Å². The van der Waals surface area contributed by atoms with Crippen LogP contribution in [0.25, 0.3) is 0 Å². The van der Waals surface area contributed by atoms with Gasteiger partial charge in [0.25, 0.3) is 0 Å². The van der Waals surface area contributed by atoms with Crippen LogP contribution in [0.1, 0.15) is 6.92 Å². The molecule has 0 saturated heterocycles. The summed E-state index contributed by atoms with van der Waals surface area (Å²) < 4.78 is 5.92. The molecule has 35 heavy (non-hydrogen) atoms. The number of carbonyl (C=O) groups is 2. The topological polar surface area (TPSA) is 74.6 Å². The van der Waals surface area contributed by atoms with Crippen LogP contribution in [0.2, 0.25) is 0 Å². The van der Waals surface area contributed by atoms with Gasteiger partial charge in [0.2, 0.25) is 0 Å². The van der Waals surface area contributed by atoms with Gasteiger partial charge in [-0.3, -0.25) is 0 Å². The minimum atomic E-state index is -1.24. The molecular weight excluding hydrogens is 666 g/mol. The van der Waals surface area contributed by atoms with E-state index in [0.29, 0.717) is 6.08 Å². The third-order valence-corrected chi connectivity index (χ3v) is 9.41. The van der Waals surface area contributed by atoms with Crippen LogP contribution in [0.4, 0.5) is 0 Å². The Bertz CT molecular complexity index is 1030. The molecule has 4 nitrogen and oxygen atoms in total. The molecule has 0 aromatic heterocycles. The van der Waals surface area contributed by atoms with Crippen molar-refractivity contribution in [2.45, 2.75) is 6.92 Å². The van der Waals surface area contributed by atoms with Crippen LogP contribution in [0.15, 0.2) is 133 Å². The van der Waals surface area contributed by atoms with E-state index in [0.717, 1.165) is 0 Å². The molecule has 0 bridgehead atoms. The Morgan fingerprint density at radius 1 is 0.543 bits per heavy atom. The second kappa shape index (κ2) is 16.6. The molecule has 4 rings (SSSR count). The summed E-state index contributed by atoms with van der Waals surface area (Å²) in [4.78, 5) is 19.7. The summed E-state index contributed by atoms with van der Waals surface area (Å²) in [5.41, 5.74) is -0.178. The number of carboxylic acids is 2. The van der Waals surface area contributed by atoms with E-state index in [2.05, 4.69) is 121 Å². The molecule has 4 aromatic carbocycles. The van der Waals surface area contributed by atoms with Crippen molar-refractivity contribution in [3.63, 3.8) is 0 Å². The molecule has 0 radical (unpaired) electrons. The summed E-state index contributed by atoms with van der Waals surface area (Å²) in [6.45, 7) is 1.22. The molecular formula is C29H26I2O4-2. The van der Waals surface area contributed by atoms with Gasteiger partial charge in [0.1, 0.15) is 0 Å². The van der Waals surface area contributed by atoms with Crippen LogP contribution < -0.4 is 42.4 Å². The number of aliphatic carboxylic acids is 2. The van der Waals surface area contributed by atoms with E-state index in [-0.39, 0.29) is 48.0 Å². The number of carboxylic acid groups (broad SMARTS) is 2. The Labute approximate surface area is 226 Å². The quantitative estimate of drug-likeness (QED) is 0.216. The first kappa shape index (κ1) is 28.3. The number of hydrogen-bond acceptors (Lipinski definition) is 2. The number of halogens is 2. The van der Waals surface area contributed by atoms with E-state index < -0.39 is 11.9 Å². The van der Waals surface area contributed by atoms with Gasteiger partial charge in [0.05, 0.1) is 0 Å². The molecule has 0 fully saturated rings. The van der Waals surface area contributed by atoms with Gasteiger partial charge in [-0.15, -0.1) is 0 Å². The second-order valence-corrected chi connectivity index (χ2v) is 12.9. The summed E-state index contributed by atoms with van der Waals surface area (Å²) >= 11 is 0.0574. The van der Waals surface area contributed by atoms with Crippen molar-refractivity contribution in [3.05, 3.63) is 147 Å². The fraction of sp³-hybridized carbons (Fsp3) is 0.0345. The van der Waals surface area contributed by atoms with Crippen molar-refractivity contribution in [3.8, 4) is 0 Å². The maximum absolute atomic E-state index is 9.90. The molecule has 0 saturated carbocycles. The third-order valence-electron chi connectivity index (χ3n) is 4.05. The maximum atomic E-state index is 9.90. The van der Waals surface area contributed by atoms with E-state index in [1.165, 1.54) is 21.2 Å². The predicted molar refractivity (Wildman–Crippen MR) is 130 cm³/mol. The molecule has 4 aromatic rings. The summed E-state index contributed by atoms with van der Waals surface area (Å²) in [5.74, 6) is -2.45. The molecule has 0 atom stereocenters. The molecule has 0 spiro atoms. The van der Waals surface area contributed by atoms with Crippen LogP contribution in [0.3, 0.4) is 0 Å². The van der Waals surface area contributed by atoms with Crippen LogP contribution in [-0.2, 0) is 9.59 Å². The van der Waals surface area contributed by atoms with Crippen LogP contribution in [-0.4, -0.2) is 22.2 Å². The normalized spacial score (nSPS) is 10.4. The SMILES string of the molecule is C/C(=C/C(=O)O)C(=O)O.c1ccc([I-]c2ccccc2)cc1.c1ccc([I-]c2ccccc2)cc1. The average molecular weight is 692 g/mol. The zero-order valence-corrected chi connectivity index (χ0v) is 23.4. The van der Waals surface area contributed by atoms with E-state index in [9.17, 15) is 9.59 Å². The van der Waals surface area contributed by atoms with Crippen LogP contribution in [0.5, 0.6) is 0 Å². The van der Waals surface area contributed by atoms with Crippen molar-refractivity contribution in [1.29, 1.82) is 0 Å². The Morgan fingerprint density at radius 3 is 0.971 bits per heavy atom. The number of hydrogen-bond donors (Lipinski definition) is 2. The van der Waals surface area contributed by atoms with E-state index in [1.807, 2.05) is 0 Å². The average Bonchev–Trinajstić information content (AvgIpc) is 2.87. The Hall–Kier alpha value is -2.98. The summed E-state index contributed by atoms with van der Waals surface area (Å²) in [5, 5.41) is 16.1. The number of rotatable bonds is 6. The molecule has 0 aliphatic carbocycles. The van der Waals surface area contributed by atoms with E-state index in [4.69, 9.17) is 10.2 Å². The number of benzene rings is 4. The first-order valence-corrected chi connectivity index (χ1v) is 14.9. The molecule has 0 heterocycles. The summed E-state index contributed by atoms with van der Waals surface area (Å²) in [7, 11) is 0. The van der Waals surface area contributed by atoms with E-state index in [1.54, 1.807) is 0 Å². The Balaban J connectivity index is 0.000000190. The van der Waals surface area contributed by atoms with Gasteiger partial charge < -0.3 is 10.2 Å². The Morgan fingerprint density at radius 2 is 0.800 bits per heavy atom. The molecule has 0 aliphatic heterocycles.